The molecule has 1 N–H and O–H groups in total. The van der Waals surface area contributed by atoms with E-state index in [9.17, 15) is 5.11 Å². The van der Waals surface area contributed by atoms with Gasteiger partial charge in [0, 0.05) is 17.1 Å². The quantitative estimate of drug-likeness (QED) is 0.585. The fourth-order valence-corrected chi connectivity index (χ4v) is 1.87. The number of rotatable bonds is 3. The molecule has 116 valence electrons. The first kappa shape index (κ1) is 17.3. The summed E-state index contributed by atoms with van der Waals surface area (Å²) in [6.07, 6.45) is -0.550. The van der Waals surface area contributed by atoms with Crippen LogP contribution in [0, 0.1) is 0 Å². The van der Waals surface area contributed by atoms with Gasteiger partial charge in [-0.25, -0.2) is 12.1 Å². The molecule has 1 atom stereocenters. The van der Waals surface area contributed by atoms with Gasteiger partial charge in [0.15, 0.2) is 0 Å². The Morgan fingerprint density at radius 1 is 0.952 bits per heavy atom. The van der Waals surface area contributed by atoms with Gasteiger partial charge >= 0.3 is 0 Å². The minimum absolute atomic E-state index is 0. The monoisotopic (exact) mass is 322 g/mol. The Balaban J connectivity index is 0.000000313. The van der Waals surface area contributed by atoms with Crippen LogP contribution in [0.25, 0.3) is 0 Å². The van der Waals surface area contributed by atoms with Crippen molar-refractivity contribution in [3.8, 4) is 5.75 Å². The fourth-order valence-electron chi connectivity index (χ4n) is 1.87. The van der Waals surface area contributed by atoms with Gasteiger partial charge in [0.05, 0.1) is 13.2 Å². The van der Waals surface area contributed by atoms with E-state index in [-0.39, 0.29) is 17.1 Å². The molecule has 3 rings (SSSR count). The van der Waals surface area contributed by atoms with Gasteiger partial charge < -0.3 is 40.2 Å². The van der Waals surface area contributed by atoms with Crippen molar-refractivity contribution in [3.05, 3.63) is 90.0 Å². The summed E-state index contributed by atoms with van der Waals surface area (Å²) >= 11 is 0. The molecule has 3 aromatic rings. The summed E-state index contributed by atoms with van der Waals surface area (Å²) in [6, 6.07) is 25.1. The zero-order valence-corrected chi connectivity index (χ0v) is 12.9. The summed E-state index contributed by atoms with van der Waals surface area (Å²) in [4.78, 5) is 0. The maximum atomic E-state index is 10.0. The Bertz CT molecular complexity index is 551. The third-order valence-electron chi connectivity index (χ3n) is 2.99. The first-order valence-corrected chi connectivity index (χ1v) is 6.51. The van der Waals surface area contributed by atoms with Crippen LogP contribution in [0.1, 0.15) is 17.2 Å². The van der Waals surface area contributed by atoms with Crippen LogP contribution in [0.2, 0.25) is 0 Å². The van der Waals surface area contributed by atoms with E-state index >= 15 is 0 Å². The summed E-state index contributed by atoms with van der Waals surface area (Å²) in [5.74, 6) is 0.799. The summed E-state index contributed by atoms with van der Waals surface area (Å²) in [5, 5.41) is 10.0. The molecular weight excluding hydrogens is 304 g/mol. The molecule has 1 unspecified atom stereocenters. The fraction of sp³-hybridized carbons (Fsp3) is 0.111. The zero-order chi connectivity index (χ0) is 14.2. The van der Waals surface area contributed by atoms with Crippen LogP contribution in [0.4, 0.5) is 0 Å². The Kier molecular flexibility index (Phi) is 7.55. The van der Waals surface area contributed by atoms with Crippen LogP contribution in [-0.4, -0.2) is 12.2 Å². The molecule has 0 fully saturated rings. The first-order chi connectivity index (χ1) is 9.81. The number of hydrogen-bond donors (Lipinski definition) is 1. The third kappa shape index (κ3) is 5.24. The van der Waals surface area contributed by atoms with Crippen LogP contribution >= 0.6 is 0 Å². The first-order valence-electron chi connectivity index (χ1n) is 6.51. The number of aliphatic hydroxyl groups excluding tert-OH is 1. The number of ether oxygens (including phenoxy) is 1. The van der Waals surface area contributed by atoms with Crippen LogP contribution in [0.15, 0.2) is 78.9 Å². The largest absolute Gasteiger partial charge is 0.748 e. The average Bonchev–Trinajstić information content (AvgIpc) is 3.21. The van der Waals surface area contributed by atoms with E-state index in [1.807, 2.05) is 78.9 Å². The molecule has 0 saturated heterocycles. The molecule has 0 aromatic heterocycles. The summed E-state index contributed by atoms with van der Waals surface area (Å²) in [7, 11) is 1.63. The standard InChI is InChI=1S/C13H13O2.C5H5.Fe/c1-15-12-8-6-11(7-9-12)13(14)10-4-2-3-5-10;1-2-4-5-3-1;/h2-9,13-14H,1H3;1-5H;/q-1;-5;. The van der Waals surface area contributed by atoms with Gasteiger partial charge in [-0.15, -0.1) is 5.56 Å². The normalized spacial score (nSPS) is 10.8. The molecule has 0 radical (unpaired) electrons. The molecule has 2 nitrogen and oxygen atoms in total. The van der Waals surface area contributed by atoms with Gasteiger partial charge in [0.2, 0.25) is 0 Å². The van der Waals surface area contributed by atoms with Gasteiger partial charge in [-0.1, -0.05) is 12.1 Å². The Morgan fingerprint density at radius 3 is 1.86 bits per heavy atom. The van der Waals surface area contributed by atoms with Crippen LogP contribution in [0.3, 0.4) is 0 Å². The van der Waals surface area contributed by atoms with Crippen LogP contribution < -0.4 is 4.74 Å². The van der Waals surface area contributed by atoms with Gasteiger partial charge in [0.1, 0.15) is 5.75 Å². The number of aliphatic hydroxyl groups is 1. The number of benzene rings is 1. The second-order valence-corrected chi connectivity index (χ2v) is 4.36. The van der Waals surface area contributed by atoms with Crippen molar-refractivity contribution < 1.29 is 26.9 Å². The average molecular weight is 322 g/mol. The minimum atomic E-state index is -0.550. The van der Waals surface area contributed by atoms with Crippen molar-refractivity contribution in [2.24, 2.45) is 0 Å². The van der Waals surface area contributed by atoms with Crippen LogP contribution in [-0.2, 0) is 17.1 Å². The molecule has 21 heavy (non-hydrogen) atoms. The van der Waals surface area contributed by atoms with E-state index in [2.05, 4.69) is 0 Å². The topological polar surface area (TPSA) is 29.5 Å². The van der Waals surface area contributed by atoms with Crippen molar-refractivity contribution in [3.63, 3.8) is 0 Å². The molecule has 0 spiro atoms. The van der Waals surface area contributed by atoms with Crippen molar-refractivity contribution in [1.82, 2.24) is 0 Å². The smallest absolute Gasteiger partial charge is 0.118 e. The molecule has 0 bridgehead atoms. The maximum Gasteiger partial charge on any atom is 0.118 e. The molecule has 0 aliphatic rings. The van der Waals surface area contributed by atoms with Gasteiger partial charge in [-0.3, -0.25) is 0 Å². The summed E-state index contributed by atoms with van der Waals surface area (Å²) in [6.45, 7) is 0. The maximum absolute atomic E-state index is 10.0. The van der Waals surface area contributed by atoms with Gasteiger partial charge in [-0.2, -0.15) is 12.1 Å². The van der Waals surface area contributed by atoms with Gasteiger partial charge in [0.25, 0.3) is 0 Å². The van der Waals surface area contributed by atoms with E-state index in [1.54, 1.807) is 7.11 Å². The second-order valence-electron chi connectivity index (χ2n) is 4.36. The SMILES string of the molecule is COc1ccc(C(O)[c-]2cccc2)cc1.[Fe].[cH-]1[cH-][cH-][cH-][cH-]1. The molecule has 0 amide bonds. The van der Waals surface area contributed by atoms with Crippen molar-refractivity contribution in [2.75, 3.05) is 7.11 Å². The molecule has 0 heterocycles. The Hall–Kier alpha value is -1.80. The molecule has 0 aliphatic carbocycles. The predicted octanol–water partition coefficient (Wildman–Crippen LogP) is 3.90. The predicted molar refractivity (Wildman–Crippen MR) is 81.1 cm³/mol. The molecule has 0 saturated carbocycles. The number of hydrogen-bond acceptors (Lipinski definition) is 2. The molecule has 3 aromatic carbocycles. The third-order valence-corrected chi connectivity index (χ3v) is 2.99. The minimum Gasteiger partial charge on any atom is -0.748 e. The molecular formula is C18H18FeO2-6. The summed E-state index contributed by atoms with van der Waals surface area (Å²) in [5.41, 5.74) is 1.79. The van der Waals surface area contributed by atoms with E-state index in [0.717, 1.165) is 16.9 Å². The van der Waals surface area contributed by atoms with Gasteiger partial charge in [-0.05, 0) is 17.7 Å². The second kappa shape index (κ2) is 9.19. The van der Waals surface area contributed by atoms with E-state index in [0.29, 0.717) is 0 Å². The van der Waals surface area contributed by atoms with E-state index < -0.39 is 6.10 Å². The molecule has 0 aliphatic heterocycles. The Labute approximate surface area is 136 Å². The summed E-state index contributed by atoms with van der Waals surface area (Å²) < 4.78 is 5.06. The van der Waals surface area contributed by atoms with Crippen molar-refractivity contribution >= 4 is 0 Å². The van der Waals surface area contributed by atoms with Crippen molar-refractivity contribution in [1.29, 1.82) is 0 Å². The zero-order valence-electron chi connectivity index (χ0n) is 11.8. The molecule has 3 heteroatoms. The van der Waals surface area contributed by atoms with E-state index in [1.165, 1.54) is 0 Å². The van der Waals surface area contributed by atoms with E-state index in [4.69, 9.17) is 4.74 Å². The van der Waals surface area contributed by atoms with Crippen LogP contribution in [0.5, 0.6) is 5.75 Å². The van der Waals surface area contributed by atoms with Crippen molar-refractivity contribution in [2.45, 2.75) is 6.10 Å². The number of methoxy groups -OCH3 is 1. The Morgan fingerprint density at radius 2 is 1.43 bits per heavy atom.